The number of ether oxygens (including phenoxy) is 1. The van der Waals surface area contributed by atoms with E-state index >= 15 is 0 Å². The maximum Gasteiger partial charge on any atom is 0.573 e. The van der Waals surface area contributed by atoms with Crippen molar-refractivity contribution in [3.8, 4) is 5.75 Å². The van der Waals surface area contributed by atoms with Crippen molar-refractivity contribution in [3.63, 3.8) is 0 Å². The molecule has 1 aromatic rings. The van der Waals surface area contributed by atoms with Gasteiger partial charge in [-0.3, -0.25) is 9.69 Å². The molecule has 0 atom stereocenters. The Hall–Kier alpha value is -1.76. The van der Waals surface area contributed by atoms with Crippen molar-refractivity contribution < 1.29 is 22.7 Å². The lowest BCUT2D eigenvalue weighted by Gasteiger charge is -2.17. The molecule has 0 aliphatic carbocycles. The van der Waals surface area contributed by atoms with Gasteiger partial charge in [-0.1, -0.05) is 26.0 Å². The fraction of sp³-hybridized carbons (Fsp3) is 0.533. The molecule has 0 saturated heterocycles. The molecule has 0 aliphatic rings. The summed E-state index contributed by atoms with van der Waals surface area (Å²) in [5, 5.41) is 2.81. The lowest BCUT2D eigenvalue weighted by atomic mass is 10.2. The second kappa shape index (κ2) is 8.03. The second-order valence-corrected chi connectivity index (χ2v) is 5.56. The number of nitrogens with zero attached hydrogens (tertiary/aromatic N) is 1. The van der Waals surface area contributed by atoms with Crippen molar-refractivity contribution in [2.24, 2.45) is 5.92 Å². The van der Waals surface area contributed by atoms with Crippen molar-refractivity contribution in [3.05, 3.63) is 29.8 Å². The first-order valence-corrected chi connectivity index (χ1v) is 6.95. The van der Waals surface area contributed by atoms with Crippen LogP contribution >= 0.6 is 0 Å². The van der Waals surface area contributed by atoms with Gasteiger partial charge in [0.1, 0.15) is 5.75 Å². The number of rotatable bonds is 7. The molecule has 0 unspecified atom stereocenters. The van der Waals surface area contributed by atoms with Gasteiger partial charge >= 0.3 is 6.36 Å². The van der Waals surface area contributed by atoms with E-state index in [-0.39, 0.29) is 18.2 Å². The number of nitrogens with one attached hydrogen (secondary N) is 1. The number of carbonyl (C=O) groups excluding carboxylic acids is 1. The van der Waals surface area contributed by atoms with Crippen LogP contribution in [0.3, 0.4) is 0 Å². The molecule has 0 spiro atoms. The Morgan fingerprint density at radius 3 is 2.36 bits per heavy atom. The van der Waals surface area contributed by atoms with Crippen LogP contribution in [-0.4, -0.2) is 37.3 Å². The van der Waals surface area contributed by atoms with E-state index in [1.807, 2.05) is 13.8 Å². The molecule has 0 fully saturated rings. The number of hydrogen-bond acceptors (Lipinski definition) is 3. The van der Waals surface area contributed by atoms with Crippen LogP contribution in [0.15, 0.2) is 24.3 Å². The van der Waals surface area contributed by atoms with Crippen molar-refractivity contribution in [1.29, 1.82) is 0 Å². The lowest BCUT2D eigenvalue weighted by molar-refractivity contribution is -0.274. The maximum absolute atomic E-state index is 12.0. The summed E-state index contributed by atoms with van der Waals surface area (Å²) in [6.07, 6.45) is -4.69. The van der Waals surface area contributed by atoms with Crippen LogP contribution in [0, 0.1) is 5.92 Å². The Kier molecular flexibility index (Phi) is 6.67. The van der Waals surface area contributed by atoms with Gasteiger partial charge in [0.15, 0.2) is 0 Å². The van der Waals surface area contributed by atoms with Gasteiger partial charge in [-0.2, -0.15) is 0 Å². The van der Waals surface area contributed by atoms with Crippen LogP contribution < -0.4 is 10.1 Å². The monoisotopic (exact) mass is 318 g/mol. The molecule has 7 heteroatoms. The second-order valence-electron chi connectivity index (χ2n) is 5.56. The Labute approximate surface area is 128 Å². The fourth-order valence-electron chi connectivity index (χ4n) is 1.78. The van der Waals surface area contributed by atoms with Crippen LogP contribution in [-0.2, 0) is 11.3 Å². The van der Waals surface area contributed by atoms with Crippen LogP contribution in [0.2, 0.25) is 0 Å². The van der Waals surface area contributed by atoms with E-state index in [4.69, 9.17) is 0 Å². The highest BCUT2D eigenvalue weighted by Crippen LogP contribution is 2.22. The van der Waals surface area contributed by atoms with Gasteiger partial charge in [0.2, 0.25) is 5.91 Å². The molecule has 1 amide bonds. The number of alkyl halides is 3. The van der Waals surface area contributed by atoms with Crippen LogP contribution in [0.1, 0.15) is 19.4 Å². The zero-order chi connectivity index (χ0) is 16.8. The third-order valence-corrected chi connectivity index (χ3v) is 2.73. The van der Waals surface area contributed by atoms with E-state index in [1.54, 1.807) is 24.1 Å². The third-order valence-electron chi connectivity index (χ3n) is 2.73. The normalized spacial score (nSPS) is 11.8. The SMILES string of the molecule is CC(C)CNC(=O)CN(C)Cc1ccc(OC(F)(F)F)cc1. The van der Waals surface area contributed by atoms with E-state index in [0.717, 1.165) is 5.56 Å². The molecule has 0 heterocycles. The molecule has 4 nitrogen and oxygen atoms in total. The number of benzene rings is 1. The molecule has 1 rings (SSSR count). The van der Waals surface area contributed by atoms with Gasteiger partial charge in [-0.05, 0) is 30.7 Å². The first kappa shape index (κ1) is 18.3. The molecule has 0 radical (unpaired) electrons. The van der Waals surface area contributed by atoms with Crippen LogP contribution in [0.25, 0.3) is 0 Å². The predicted molar refractivity (Wildman–Crippen MR) is 77.3 cm³/mol. The zero-order valence-corrected chi connectivity index (χ0v) is 12.9. The van der Waals surface area contributed by atoms with Gasteiger partial charge in [0, 0.05) is 13.1 Å². The predicted octanol–water partition coefficient (Wildman–Crippen LogP) is 2.79. The van der Waals surface area contributed by atoms with Gasteiger partial charge in [-0.25, -0.2) is 0 Å². The maximum atomic E-state index is 12.0. The summed E-state index contributed by atoms with van der Waals surface area (Å²) in [5.41, 5.74) is 0.800. The van der Waals surface area contributed by atoms with Crippen molar-refractivity contribution in [2.75, 3.05) is 20.1 Å². The first-order chi connectivity index (χ1) is 10.2. The molecular formula is C15H21F3N2O2. The molecular weight excluding hydrogens is 297 g/mol. The minimum absolute atomic E-state index is 0.0757. The van der Waals surface area contributed by atoms with Crippen molar-refractivity contribution in [1.82, 2.24) is 10.2 Å². The standard InChI is InChI=1S/C15H21F3N2O2/c1-11(2)8-19-14(21)10-20(3)9-12-4-6-13(7-5-12)22-15(16,17)18/h4-7,11H,8-10H2,1-3H3,(H,19,21). The van der Waals surface area contributed by atoms with Crippen LogP contribution in [0.5, 0.6) is 5.75 Å². The Morgan fingerprint density at radius 2 is 1.86 bits per heavy atom. The highest BCUT2D eigenvalue weighted by Gasteiger charge is 2.30. The molecule has 0 aliphatic heterocycles. The van der Waals surface area contributed by atoms with Crippen molar-refractivity contribution >= 4 is 5.91 Å². The minimum Gasteiger partial charge on any atom is -0.406 e. The Bertz CT molecular complexity index is 473. The summed E-state index contributed by atoms with van der Waals surface area (Å²) in [5.74, 6) is 0.0530. The summed E-state index contributed by atoms with van der Waals surface area (Å²) in [6.45, 7) is 5.33. The smallest absolute Gasteiger partial charge is 0.406 e. The lowest BCUT2D eigenvalue weighted by Crippen LogP contribution is -2.36. The number of likely N-dealkylation sites (N-methyl/N-ethyl adjacent to an activating group) is 1. The summed E-state index contributed by atoms with van der Waals surface area (Å²) < 4.78 is 40.0. The third kappa shape index (κ3) is 7.87. The zero-order valence-electron chi connectivity index (χ0n) is 12.9. The summed E-state index contributed by atoms with van der Waals surface area (Å²) in [4.78, 5) is 13.4. The largest absolute Gasteiger partial charge is 0.573 e. The Morgan fingerprint density at radius 1 is 1.27 bits per heavy atom. The van der Waals surface area contributed by atoms with Gasteiger partial charge in [-0.15, -0.1) is 13.2 Å². The summed E-state index contributed by atoms with van der Waals surface area (Å²) >= 11 is 0. The molecule has 1 aromatic carbocycles. The van der Waals surface area contributed by atoms with Gasteiger partial charge < -0.3 is 10.1 Å². The number of amides is 1. The number of carbonyl (C=O) groups is 1. The number of hydrogen-bond donors (Lipinski definition) is 1. The molecule has 0 saturated carbocycles. The highest BCUT2D eigenvalue weighted by atomic mass is 19.4. The molecule has 0 aromatic heterocycles. The van der Waals surface area contributed by atoms with E-state index in [0.29, 0.717) is 19.0 Å². The number of halogens is 3. The molecule has 1 N–H and O–H groups in total. The molecule has 124 valence electrons. The molecule has 0 bridgehead atoms. The highest BCUT2D eigenvalue weighted by molar-refractivity contribution is 5.77. The molecule has 22 heavy (non-hydrogen) atoms. The Balaban J connectivity index is 2.44. The first-order valence-electron chi connectivity index (χ1n) is 6.95. The average molecular weight is 318 g/mol. The van der Waals surface area contributed by atoms with Crippen LogP contribution in [0.4, 0.5) is 13.2 Å². The topological polar surface area (TPSA) is 41.6 Å². The fourth-order valence-corrected chi connectivity index (χ4v) is 1.78. The average Bonchev–Trinajstić information content (AvgIpc) is 2.37. The minimum atomic E-state index is -4.69. The van der Waals surface area contributed by atoms with Gasteiger partial charge in [0.25, 0.3) is 0 Å². The summed E-state index contributed by atoms with van der Waals surface area (Å²) in [7, 11) is 1.77. The van der Waals surface area contributed by atoms with E-state index in [1.165, 1.54) is 12.1 Å². The van der Waals surface area contributed by atoms with E-state index in [2.05, 4.69) is 10.1 Å². The van der Waals surface area contributed by atoms with Gasteiger partial charge in [0.05, 0.1) is 6.54 Å². The van der Waals surface area contributed by atoms with Crippen molar-refractivity contribution in [2.45, 2.75) is 26.8 Å². The summed E-state index contributed by atoms with van der Waals surface area (Å²) in [6, 6.07) is 5.61. The van der Waals surface area contributed by atoms with E-state index in [9.17, 15) is 18.0 Å². The quantitative estimate of drug-likeness (QED) is 0.840. The van der Waals surface area contributed by atoms with E-state index < -0.39 is 6.36 Å².